The maximum absolute atomic E-state index is 13.0. The molecule has 0 amide bonds. The van der Waals surface area contributed by atoms with E-state index < -0.39 is 0 Å². The Hall–Kier alpha value is -2.68. The minimum atomic E-state index is -0.379. The van der Waals surface area contributed by atoms with Gasteiger partial charge in [-0.1, -0.05) is 60.2 Å². The summed E-state index contributed by atoms with van der Waals surface area (Å²) in [6.45, 7) is 1.94. The van der Waals surface area contributed by atoms with Crippen molar-refractivity contribution in [2.75, 3.05) is 0 Å². The summed E-state index contributed by atoms with van der Waals surface area (Å²) in [5, 5.41) is 0. The van der Waals surface area contributed by atoms with Gasteiger partial charge in [0.2, 0.25) is 0 Å². The quantitative estimate of drug-likeness (QED) is 0.478. The number of allylic oxidation sites excluding steroid dienone is 1. The summed E-state index contributed by atoms with van der Waals surface area (Å²) in [6, 6.07) is 16.7. The van der Waals surface area contributed by atoms with Gasteiger partial charge in [-0.05, 0) is 31.4 Å². The van der Waals surface area contributed by atoms with Crippen molar-refractivity contribution in [3.05, 3.63) is 83.4 Å². The molecule has 0 unspecified atom stereocenters. The third-order valence-electron chi connectivity index (χ3n) is 5.24. The van der Waals surface area contributed by atoms with Gasteiger partial charge in [0.1, 0.15) is 6.10 Å². The number of benzene rings is 2. The first kappa shape index (κ1) is 15.8. The van der Waals surface area contributed by atoms with Gasteiger partial charge < -0.3 is 4.74 Å². The van der Waals surface area contributed by atoms with E-state index in [4.69, 9.17) is 4.74 Å². The third-order valence-corrected chi connectivity index (χ3v) is 5.24. The number of hydrogen-bond donors (Lipinski definition) is 0. The fourth-order valence-electron chi connectivity index (χ4n) is 4.04. The molecule has 1 saturated carbocycles. The summed E-state index contributed by atoms with van der Waals surface area (Å²) in [4.78, 5) is 25.6. The lowest BCUT2D eigenvalue weighted by Crippen LogP contribution is -2.35. The van der Waals surface area contributed by atoms with Crippen molar-refractivity contribution in [1.29, 1.82) is 0 Å². The average Bonchev–Trinajstić information content (AvgIpc) is 3.23. The molecule has 0 aromatic heterocycles. The Morgan fingerprint density at radius 2 is 1.64 bits per heavy atom. The summed E-state index contributed by atoms with van der Waals surface area (Å²) >= 11 is 0. The first-order chi connectivity index (χ1) is 12.1. The molecule has 1 fully saturated rings. The minimum Gasteiger partial charge on any atom is -0.457 e. The van der Waals surface area contributed by atoms with Gasteiger partial charge >= 0.3 is 5.97 Å². The highest BCUT2D eigenvalue weighted by Gasteiger charge is 2.50. The molecular formula is C22H20O3. The lowest BCUT2D eigenvalue weighted by atomic mass is 9.84. The zero-order chi connectivity index (χ0) is 17.4. The van der Waals surface area contributed by atoms with Crippen LogP contribution in [-0.2, 0) is 4.74 Å². The molecule has 0 aliphatic heterocycles. The molecular weight excluding hydrogens is 312 g/mol. The number of ketones is 1. The van der Waals surface area contributed by atoms with E-state index in [1.807, 2.05) is 55.5 Å². The van der Waals surface area contributed by atoms with Crippen LogP contribution in [0.1, 0.15) is 32.7 Å². The van der Waals surface area contributed by atoms with Gasteiger partial charge in [0.05, 0.1) is 11.5 Å². The molecule has 2 bridgehead atoms. The van der Waals surface area contributed by atoms with E-state index >= 15 is 0 Å². The second-order valence-electron chi connectivity index (χ2n) is 6.94. The zero-order valence-electron chi connectivity index (χ0n) is 14.1. The van der Waals surface area contributed by atoms with Gasteiger partial charge in [0.15, 0.2) is 5.78 Å². The molecule has 2 aliphatic carbocycles. The smallest absolute Gasteiger partial charge is 0.338 e. The molecule has 0 heterocycles. The predicted octanol–water partition coefficient (Wildman–Crippen LogP) is 4.23. The van der Waals surface area contributed by atoms with E-state index in [1.165, 1.54) is 0 Å². The molecule has 0 N–H and O–H groups in total. The molecule has 0 radical (unpaired) electrons. The molecule has 25 heavy (non-hydrogen) atoms. The van der Waals surface area contributed by atoms with Crippen LogP contribution in [0.3, 0.4) is 0 Å². The summed E-state index contributed by atoms with van der Waals surface area (Å²) in [5.41, 5.74) is 2.24. The van der Waals surface area contributed by atoms with Crippen LogP contribution in [0, 0.1) is 24.7 Å². The maximum atomic E-state index is 13.0. The summed E-state index contributed by atoms with van der Waals surface area (Å²) < 4.78 is 5.83. The van der Waals surface area contributed by atoms with Gasteiger partial charge in [-0.25, -0.2) is 4.79 Å². The first-order valence-corrected chi connectivity index (χ1v) is 8.69. The topological polar surface area (TPSA) is 43.4 Å². The molecule has 2 aromatic carbocycles. The van der Waals surface area contributed by atoms with E-state index in [-0.39, 0.29) is 35.6 Å². The highest BCUT2D eigenvalue weighted by molar-refractivity contribution is 5.99. The molecule has 2 aliphatic rings. The van der Waals surface area contributed by atoms with Crippen LogP contribution in [0.25, 0.3) is 0 Å². The number of hydrogen-bond acceptors (Lipinski definition) is 3. The predicted molar refractivity (Wildman–Crippen MR) is 95.4 cm³/mol. The maximum Gasteiger partial charge on any atom is 0.338 e. The molecule has 4 rings (SSSR count). The fourth-order valence-corrected chi connectivity index (χ4v) is 4.04. The van der Waals surface area contributed by atoms with Gasteiger partial charge in [0, 0.05) is 11.5 Å². The van der Waals surface area contributed by atoms with Gasteiger partial charge in [-0.15, -0.1) is 0 Å². The van der Waals surface area contributed by atoms with Crippen molar-refractivity contribution in [2.45, 2.75) is 19.4 Å². The Bertz CT molecular complexity index is 837. The SMILES string of the molecule is Cc1cccc(C(=O)O[C@H]2[C@H](C(=O)c3ccccc3)[C@H]3C=C[C@@H]2C3)c1. The highest BCUT2D eigenvalue weighted by Crippen LogP contribution is 2.46. The summed E-state index contributed by atoms with van der Waals surface area (Å²) in [6.07, 6.45) is 4.70. The van der Waals surface area contributed by atoms with Crippen molar-refractivity contribution in [3.8, 4) is 0 Å². The standard InChI is InChI=1S/C22H20O3/c1-14-6-5-9-18(12-14)22(24)25-21-17-11-10-16(13-17)19(21)20(23)15-7-3-2-4-8-15/h2-12,16-17,19,21H,13H2,1H3/t16-,17+,19-,21+/m0/s1. The Labute approximate surface area is 147 Å². The Balaban J connectivity index is 1.58. The third kappa shape index (κ3) is 2.91. The molecule has 3 nitrogen and oxygen atoms in total. The van der Waals surface area contributed by atoms with Gasteiger partial charge in [-0.3, -0.25) is 4.79 Å². The molecule has 4 atom stereocenters. The number of ether oxygens (including phenoxy) is 1. The van der Waals surface area contributed by atoms with Crippen LogP contribution in [0.5, 0.6) is 0 Å². The number of Topliss-reactive ketones (excluding diaryl/α,β-unsaturated/α-hetero) is 1. The van der Waals surface area contributed by atoms with Crippen LogP contribution in [0.15, 0.2) is 66.7 Å². The number of carbonyl (C=O) groups is 2. The van der Waals surface area contributed by atoms with E-state index in [2.05, 4.69) is 12.2 Å². The minimum absolute atomic E-state index is 0.0690. The Morgan fingerprint density at radius 3 is 2.40 bits per heavy atom. The lowest BCUT2D eigenvalue weighted by Gasteiger charge is -2.27. The van der Waals surface area contributed by atoms with Crippen molar-refractivity contribution >= 4 is 11.8 Å². The Kier molecular flexibility index (Phi) is 4.00. The van der Waals surface area contributed by atoms with Crippen molar-refractivity contribution in [2.24, 2.45) is 17.8 Å². The normalized spacial score (nSPS) is 26.6. The molecule has 0 spiro atoms. The van der Waals surface area contributed by atoms with Crippen LogP contribution < -0.4 is 0 Å². The summed E-state index contributed by atoms with van der Waals surface area (Å²) in [7, 11) is 0. The molecule has 3 heteroatoms. The lowest BCUT2D eigenvalue weighted by molar-refractivity contribution is 0.0113. The van der Waals surface area contributed by atoms with Gasteiger partial charge in [-0.2, -0.15) is 0 Å². The second kappa shape index (κ2) is 6.32. The number of aryl methyl sites for hydroxylation is 1. The van der Waals surface area contributed by atoms with Crippen molar-refractivity contribution < 1.29 is 14.3 Å². The van der Waals surface area contributed by atoms with Crippen LogP contribution in [-0.4, -0.2) is 17.9 Å². The molecule has 126 valence electrons. The van der Waals surface area contributed by atoms with Crippen LogP contribution >= 0.6 is 0 Å². The second-order valence-corrected chi connectivity index (χ2v) is 6.94. The first-order valence-electron chi connectivity index (χ1n) is 8.69. The number of fused-ring (bicyclic) bond motifs is 2. The fraction of sp³-hybridized carbons (Fsp3) is 0.273. The van der Waals surface area contributed by atoms with Gasteiger partial charge in [0.25, 0.3) is 0 Å². The molecule has 0 saturated heterocycles. The highest BCUT2D eigenvalue weighted by atomic mass is 16.5. The summed E-state index contributed by atoms with van der Waals surface area (Å²) in [5.74, 6) is -0.268. The number of carbonyl (C=O) groups excluding carboxylic acids is 2. The van der Waals surface area contributed by atoms with Crippen molar-refractivity contribution in [3.63, 3.8) is 0 Å². The number of esters is 1. The average molecular weight is 332 g/mol. The number of rotatable bonds is 4. The van der Waals surface area contributed by atoms with E-state index in [9.17, 15) is 9.59 Å². The Morgan fingerprint density at radius 1 is 0.920 bits per heavy atom. The van der Waals surface area contributed by atoms with E-state index in [1.54, 1.807) is 6.07 Å². The molecule has 2 aromatic rings. The van der Waals surface area contributed by atoms with Crippen molar-refractivity contribution in [1.82, 2.24) is 0 Å². The van der Waals surface area contributed by atoms with Crippen LogP contribution in [0.2, 0.25) is 0 Å². The largest absolute Gasteiger partial charge is 0.457 e. The zero-order valence-corrected chi connectivity index (χ0v) is 14.1. The van der Waals surface area contributed by atoms with Crippen LogP contribution in [0.4, 0.5) is 0 Å². The van der Waals surface area contributed by atoms with E-state index in [0.29, 0.717) is 11.1 Å². The monoisotopic (exact) mass is 332 g/mol. The van der Waals surface area contributed by atoms with E-state index in [0.717, 1.165) is 12.0 Å².